The van der Waals surface area contributed by atoms with Crippen LogP contribution in [0.5, 0.6) is 0 Å². The minimum atomic E-state index is -1.15. The molecular weight excluding hydrogens is 362 g/mol. The van der Waals surface area contributed by atoms with Crippen LogP contribution in [0.3, 0.4) is 0 Å². The molecule has 0 unspecified atom stereocenters. The van der Waals surface area contributed by atoms with E-state index in [0.717, 1.165) is 5.56 Å². The maximum atomic E-state index is 12.4. The fourth-order valence-electron chi connectivity index (χ4n) is 3.13. The third-order valence-corrected chi connectivity index (χ3v) is 4.87. The second-order valence-corrected chi connectivity index (χ2v) is 7.07. The van der Waals surface area contributed by atoms with Gasteiger partial charge >= 0.3 is 5.97 Å². The number of benzene rings is 2. The topological polar surface area (TPSA) is 66.4 Å². The number of aromatic carboxylic acids is 1. The number of carbonyl (C=O) groups excluding carboxylic acids is 1. The van der Waals surface area contributed by atoms with Crippen LogP contribution in [0, 0.1) is 17.8 Å². The molecule has 0 heterocycles. The molecular formula is C22H20ClNO3. The van der Waals surface area contributed by atoms with Crippen LogP contribution in [-0.4, -0.2) is 17.0 Å². The predicted octanol–water partition coefficient (Wildman–Crippen LogP) is 5.22. The maximum Gasteiger partial charge on any atom is 0.337 e. The molecule has 5 heteroatoms. The molecule has 0 atom stereocenters. The van der Waals surface area contributed by atoms with Crippen molar-refractivity contribution in [1.82, 2.24) is 0 Å². The smallest absolute Gasteiger partial charge is 0.337 e. The van der Waals surface area contributed by atoms with Gasteiger partial charge in [0.25, 0.3) is 5.91 Å². The van der Waals surface area contributed by atoms with Crippen molar-refractivity contribution in [2.75, 3.05) is 5.32 Å². The van der Waals surface area contributed by atoms with Gasteiger partial charge in [0, 0.05) is 22.1 Å². The fraction of sp³-hybridized carbons (Fsp3) is 0.273. The molecule has 0 saturated heterocycles. The lowest BCUT2D eigenvalue weighted by Crippen LogP contribution is -2.14. The highest BCUT2D eigenvalue weighted by atomic mass is 35.5. The normalized spacial score (nSPS) is 14.1. The van der Waals surface area contributed by atoms with E-state index in [2.05, 4.69) is 17.2 Å². The zero-order valence-corrected chi connectivity index (χ0v) is 15.6. The lowest BCUT2D eigenvalue weighted by molar-refractivity contribution is 0.0698. The number of carboxylic acids is 1. The molecule has 0 bridgehead atoms. The lowest BCUT2D eigenvalue weighted by Gasteiger charge is -2.15. The van der Waals surface area contributed by atoms with Gasteiger partial charge in [-0.15, -0.1) is 0 Å². The van der Waals surface area contributed by atoms with Crippen molar-refractivity contribution < 1.29 is 14.7 Å². The number of hydrogen-bond acceptors (Lipinski definition) is 2. The van der Waals surface area contributed by atoms with E-state index >= 15 is 0 Å². The van der Waals surface area contributed by atoms with E-state index in [1.165, 1.54) is 50.3 Å². The first-order valence-electron chi connectivity index (χ1n) is 8.99. The predicted molar refractivity (Wildman–Crippen MR) is 106 cm³/mol. The van der Waals surface area contributed by atoms with Crippen LogP contribution in [0.2, 0.25) is 5.02 Å². The summed E-state index contributed by atoms with van der Waals surface area (Å²) in [7, 11) is 0. The fourth-order valence-corrected chi connectivity index (χ4v) is 3.31. The van der Waals surface area contributed by atoms with Crippen LogP contribution >= 0.6 is 11.6 Å². The summed E-state index contributed by atoms with van der Waals surface area (Å²) in [4.78, 5) is 23.7. The second-order valence-electron chi connectivity index (χ2n) is 6.63. The Morgan fingerprint density at radius 3 is 2.41 bits per heavy atom. The number of anilines is 1. The molecule has 3 rings (SSSR count). The van der Waals surface area contributed by atoms with Gasteiger partial charge in [0.15, 0.2) is 0 Å². The van der Waals surface area contributed by atoms with Crippen molar-refractivity contribution in [3.63, 3.8) is 0 Å². The summed E-state index contributed by atoms with van der Waals surface area (Å²) in [6.07, 6.45) is 6.14. The first-order chi connectivity index (χ1) is 13.0. The van der Waals surface area contributed by atoms with Crippen molar-refractivity contribution in [3.8, 4) is 11.8 Å². The Hall–Kier alpha value is -2.77. The van der Waals surface area contributed by atoms with Gasteiger partial charge in [-0.2, -0.15) is 0 Å². The number of carboxylic acid groups (broad SMARTS) is 1. The standard InChI is InChI=1S/C22H20ClNO3/c23-18-12-13-20(19(14-18)22(26)27)24-21(25)17-10-8-16(9-11-17)7-6-15-4-2-1-3-5-15/h8-15H,1-5H2,(H,24,25)(H,26,27). The molecule has 0 aromatic heterocycles. The van der Waals surface area contributed by atoms with E-state index in [1.807, 2.05) is 12.1 Å². The second kappa shape index (κ2) is 8.75. The van der Waals surface area contributed by atoms with E-state index < -0.39 is 5.97 Å². The maximum absolute atomic E-state index is 12.4. The number of carbonyl (C=O) groups is 2. The van der Waals surface area contributed by atoms with E-state index in [9.17, 15) is 14.7 Å². The summed E-state index contributed by atoms with van der Waals surface area (Å²) < 4.78 is 0. The summed E-state index contributed by atoms with van der Waals surface area (Å²) >= 11 is 5.83. The van der Waals surface area contributed by atoms with E-state index in [1.54, 1.807) is 12.1 Å². The molecule has 2 aromatic rings. The first kappa shape index (κ1) is 19.0. The molecule has 1 aliphatic carbocycles. The number of hydrogen-bond donors (Lipinski definition) is 2. The Bertz CT molecular complexity index is 903. The molecule has 4 nitrogen and oxygen atoms in total. The SMILES string of the molecule is O=C(Nc1ccc(Cl)cc1C(=O)O)c1ccc(C#CC2CCCCC2)cc1. The Kier molecular flexibility index (Phi) is 6.16. The summed E-state index contributed by atoms with van der Waals surface area (Å²) in [5, 5.41) is 12.2. The number of rotatable bonds is 3. The van der Waals surface area contributed by atoms with Gasteiger partial charge < -0.3 is 10.4 Å². The van der Waals surface area contributed by atoms with Crippen LogP contribution < -0.4 is 5.32 Å². The van der Waals surface area contributed by atoms with Crippen LogP contribution in [-0.2, 0) is 0 Å². The van der Waals surface area contributed by atoms with Crippen LogP contribution in [0.1, 0.15) is 58.4 Å². The van der Waals surface area contributed by atoms with Gasteiger partial charge in [0.1, 0.15) is 0 Å². The molecule has 27 heavy (non-hydrogen) atoms. The molecule has 2 N–H and O–H groups in total. The van der Waals surface area contributed by atoms with Gasteiger partial charge in [-0.25, -0.2) is 4.79 Å². The minimum Gasteiger partial charge on any atom is -0.478 e. The quantitative estimate of drug-likeness (QED) is 0.716. The van der Waals surface area contributed by atoms with Gasteiger partial charge in [-0.05, 0) is 55.3 Å². The summed E-state index contributed by atoms with van der Waals surface area (Å²) in [5.41, 5.74) is 1.46. The van der Waals surface area contributed by atoms with Crippen molar-refractivity contribution in [3.05, 3.63) is 64.2 Å². The number of halogens is 1. The monoisotopic (exact) mass is 381 g/mol. The Morgan fingerprint density at radius 1 is 1.04 bits per heavy atom. The third-order valence-electron chi connectivity index (χ3n) is 4.63. The van der Waals surface area contributed by atoms with Crippen molar-refractivity contribution in [2.24, 2.45) is 5.92 Å². The van der Waals surface area contributed by atoms with Crippen LogP contribution in [0.25, 0.3) is 0 Å². The Labute approximate surface area is 163 Å². The van der Waals surface area contributed by atoms with Crippen LogP contribution in [0.15, 0.2) is 42.5 Å². The van der Waals surface area contributed by atoms with E-state index in [4.69, 9.17) is 11.6 Å². The molecule has 0 spiro atoms. The Morgan fingerprint density at radius 2 is 1.74 bits per heavy atom. The van der Waals surface area contributed by atoms with Gasteiger partial charge in [-0.3, -0.25) is 4.79 Å². The molecule has 2 aromatic carbocycles. The molecule has 0 radical (unpaired) electrons. The highest BCUT2D eigenvalue weighted by Crippen LogP contribution is 2.23. The average Bonchev–Trinajstić information content (AvgIpc) is 2.68. The highest BCUT2D eigenvalue weighted by molar-refractivity contribution is 6.31. The minimum absolute atomic E-state index is 0.0502. The molecule has 1 aliphatic rings. The van der Waals surface area contributed by atoms with Gasteiger partial charge in [0.05, 0.1) is 11.3 Å². The van der Waals surface area contributed by atoms with Crippen molar-refractivity contribution >= 4 is 29.2 Å². The summed E-state index contributed by atoms with van der Waals surface area (Å²) in [6, 6.07) is 11.3. The zero-order chi connectivity index (χ0) is 19.2. The molecule has 1 amide bonds. The van der Waals surface area contributed by atoms with Gasteiger partial charge in [-0.1, -0.05) is 42.7 Å². The lowest BCUT2D eigenvalue weighted by atomic mass is 9.89. The van der Waals surface area contributed by atoms with E-state index in [-0.39, 0.29) is 17.2 Å². The number of nitrogens with one attached hydrogen (secondary N) is 1. The van der Waals surface area contributed by atoms with Crippen molar-refractivity contribution in [1.29, 1.82) is 0 Å². The van der Waals surface area contributed by atoms with Crippen molar-refractivity contribution in [2.45, 2.75) is 32.1 Å². The highest BCUT2D eigenvalue weighted by Gasteiger charge is 2.14. The third kappa shape index (κ3) is 5.12. The first-order valence-corrected chi connectivity index (χ1v) is 9.36. The number of amides is 1. The Balaban J connectivity index is 1.69. The zero-order valence-electron chi connectivity index (χ0n) is 14.8. The molecule has 0 aliphatic heterocycles. The molecule has 1 saturated carbocycles. The van der Waals surface area contributed by atoms with Gasteiger partial charge in [0.2, 0.25) is 0 Å². The summed E-state index contributed by atoms with van der Waals surface area (Å²) in [6.45, 7) is 0. The average molecular weight is 382 g/mol. The molecule has 1 fully saturated rings. The molecule has 138 valence electrons. The van der Waals surface area contributed by atoms with Crippen LogP contribution in [0.4, 0.5) is 5.69 Å². The summed E-state index contributed by atoms with van der Waals surface area (Å²) in [5.74, 6) is 5.45. The largest absolute Gasteiger partial charge is 0.478 e. The van der Waals surface area contributed by atoms with E-state index in [0.29, 0.717) is 16.5 Å².